The monoisotopic (exact) mass is 284 g/mol. The molecule has 0 aliphatic carbocycles. The molecule has 1 atom stereocenters. The third kappa shape index (κ3) is 2.82. The third-order valence-corrected chi connectivity index (χ3v) is 5.31. The van der Waals surface area contributed by atoms with Crippen molar-refractivity contribution in [2.24, 2.45) is 0 Å². The van der Waals surface area contributed by atoms with Crippen molar-refractivity contribution < 1.29 is 22.0 Å². The van der Waals surface area contributed by atoms with Gasteiger partial charge in [-0.25, -0.2) is 22.0 Å². The minimum atomic E-state index is -2.09. The Kier molecular flexibility index (Phi) is 5.51. The molecule has 0 heterocycles. The highest BCUT2D eigenvalue weighted by Crippen LogP contribution is 2.38. The molecule has 0 amide bonds. The van der Waals surface area contributed by atoms with Crippen LogP contribution in [0.25, 0.3) is 0 Å². The molecule has 0 radical (unpaired) electrons. The number of halogens is 5. The largest absolute Gasteiger partial charge is 0.203 e. The molecule has 1 aromatic carbocycles. The zero-order valence-corrected chi connectivity index (χ0v) is 11.1. The predicted molar refractivity (Wildman–Crippen MR) is 63.1 cm³/mol. The fourth-order valence-electron chi connectivity index (χ4n) is 1.65. The predicted octanol–water partition coefficient (Wildman–Crippen LogP) is 4.31. The van der Waals surface area contributed by atoms with Crippen molar-refractivity contribution in [2.45, 2.75) is 26.7 Å². The van der Waals surface area contributed by atoms with Gasteiger partial charge in [0.05, 0.1) is 5.30 Å². The maximum atomic E-state index is 13.6. The molecule has 18 heavy (non-hydrogen) atoms. The molecule has 0 aliphatic heterocycles. The van der Waals surface area contributed by atoms with Crippen LogP contribution < -0.4 is 5.30 Å². The fourth-order valence-corrected chi connectivity index (χ4v) is 3.95. The van der Waals surface area contributed by atoms with E-state index in [9.17, 15) is 22.0 Å². The van der Waals surface area contributed by atoms with Crippen molar-refractivity contribution >= 4 is 13.2 Å². The molecule has 0 aliphatic rings. The van der Waals surface area contributed by atoms with Crippen LogP contribution in [0.1, 0.15) is 26.7 Å². The van der Waals surface area contributed by atoms with Crippen LogP contribution in [-0.2, 0) is 0 Å². The standard InChI is InChI=1S/C12H14F5P/c1-3-5-6-18(4-2)12-10(16)8(14)7(13)9(15)11(12)17/h3-6H2,1-2H3. The van der Waals surface area contributed by atoms with Crippen LogP contribution in [0.4, 0.5) is 22.0 Å². The average Bonchev–Trinajstić information content (AvgIpc) is 2.38. The summed E-state index contributed by atoms with van der Waals surface area (Å²) in [6, 6.07) is 0. The Morgan fingerprint density at radius 2 is 1.22 bits per heavy atom. The Morgan fingerprint density at radius 3 is 1.61 bits per heavy atom. The van der Waals surface area contributed by atoms with E-state index in [1.165, 1.54) is 0 Å². The summed E-state index contributed by atoms with van der Waals surface area (Å²) in [5, 5.41) is -0.614. The highest BCUT2D eigenvalue weighted by molar-refractivity contribution is 7.65. The summed E-state index contributed by atoms with van der Waals surface area (Å²) >= 11 is 0. The Labute approximate surface area is 104 Å². The van der Waals surface area contributed by atoms with E-state index in [0.717, 1.165) is 6.42 Å². The van der Waals surface area contributed by atoms with Crippen molar-refractivity contribution in [3.8, 4) is 0 Å². The summed E-state index contributed by atoms with van der Waals surface area (Å²) in [4.78, 5) is 0. The maximum absolute atomic E-state index is 13.6. The smallest absolute Gasteiger partial charge is 0.200 e. The summed E-state index contributed by atoms with van der Waals surface area (Å²) in [6.07, 6.45) is 2.39. The maximum Gasteiger partial charge on any atom is 0.200 e. The van der Waals surface area contributed by atoms with Gasteiger partial charge in [0.2, 0.25) is 5.82 Å². The second-order valence-electron chi connectivity index (χ2n) is 3.85. The lowest BCUT2D eigenvalue weighted by atomic mass is 10.3. The first-order chi connectivity index (χ1) is 8.45. The lowest BCUT2D eigenvalue weighted by Crippen LogP contribution is -2.21. The normalized spacial score (nSPS) is 12.8. The van der Waals surface area contributed by atoms with Gasteiger partial charge in [0.15, 0.2) is 23.3 Å². The molecule has 0 spiro atoms. The van der Waals surface area contributed by atoms with E-state index in [-0.39, 0.29) is 0 Å². The summed E-state index contributed by atoms with van der Waals surface area (Å²) < 4.78 is 66.2. The average molecular weight is 284 g/mol. The number of hydrogen-bond acceptors (Lipinski definition) is 0. The SMILES string of the molecule is CCCCP(CC)c1c(F)c(F)c(F)c(F)c1F. The third-order valence-electron chi connectivity index (χ3n) is 2.67. The molecule has 0 saturated heterocycles. The van der Waals surface area contributed by atoms with Crippen LogP contribution >= 0.6 is 7.92 Å². The Morgan fingerprint density at radius 1 is 0.778 bits per heavy atom. The van der Waals surface area contributed by atoms with E-state index in [4.69, 9.17) is 0 Å². The van der Waals surface area contributed by atoms with Gasteiger partial charge < -0.3 is 0 Å². The minimum absolute atomic E-state index is 0.397. The summed E-state index contributed by atoms with van der Waals surface area (Å²) in [5.74, 6) is -9.12. The van der Waals surface area contributed by atoms with Crippen LogP contribution in [0, 0.1) is 29.1 Å². The van der Waals surface area contributed by atoms with E-state index in [0.29, 0.717) is 18.7 Å². The topological polar surface area (TPSA) is 0 Å². The van der Waals surface area contributed by atoms with Crippen molar-refractivity contribution in [2.75, 3.05) is 12.3 Å². The van der Waals surface area contributed by atoms with Gasteiger partial charge >= 0.3 is 0 Å². The van der Waals surface area contributed by atoms with Gasteiger partial charge in [-0.05, 0) is 18.7 Å². The van der Waals surface area contributed by atoms with Crippen molar-refractivity contribution in [1.82, 2.24) is 0 Å². The van der Waals surface area contributed by atoms with Crippen molar-refractivity contribution in [3.63, 3.8) is 0 Å². The molecule has 1 rings (SSSR count). The van der Waals surface area contributed by atoms with E-state index < -0.39 is 42.3 Å². The van der Waals surface area contributed by atoms with Gasteiger partial charge in [-0.15, -0.1) is 0 Å². The number of unbranched alkanes of at least 4 members (excludes halogenated alkanes) is 1. The van der Waals surface area contributed by atoms with E-state index in [2.05, 4.69) is 0 Å². The highest BCUT2D eigenvalue weighted by Gasteiger charge is 2.29. The Bertz CT molecular complexity index is 404. The van der Waals surface area contributed by atoms with Gasteiger partial charge in [0.1, 0.15) is 0 Å². The number of hydrogen-bond donors (Lipinski definition) is 0. The molecule has 1 aromatic rings. The zero-order chi connectivity index (χ0) is 13.9. The van der Waals surface area contributed by atoms with E-state index in [1.54, 1.807) is 6.92 Å². The molecule has 102 valence electrons. The molecule has 6 heteroatoms. The summed E-state index contributed by atoms with van der Waals surface area (Å²) in [6.45, 7) is 3.60. The van der Waals surface area contributed by atoms with Crippen LogP contribution in [0.2, 0.25) is 0 Å². The molecule has 1 unspecified atom stereocenters. The van der Waals surface area contributed by atoms with Crippen LogP contribution in [0.15, 0.2) is 0 Å². The summed E-state index contributed by atoms with van der Waals surface area (Å²) in [7, 11) is -1.34. The van der Waals surface area contributed by atoms with Crippen molar-refractivity contribution in [1.29, 1.82) is 0 Å². The molecular weight excluding hydrogens is 270 g/mol. The highest BCUT2D eigenvalue weighted by atomic mass is 31.1. The first-order valence-corrected chi connectivity index (χ1v) is 7.43. The molecule has 0 nitrogen and oxygen atoms in total. The van der Waals surface area contributed by atoms with E-state index in [1.807, 2.05) is 6.92 Å². The molecule has 0 fully saturated rings. The first-order valence-electron chi connectivity index (χ1n) is 5.72. The lowest BCUT2D eigenvalue weighted by Gasteiger charge is -2.18. The number of benzene rings is 1. The van der Waals surface area contributed by atoms with E-state index >= 15 is 0 Å². The quantitative estimate of drug-likeness (QED) is 0.327. The second kappa shape index (κ2) is 6.46. The first kappa shape index (κ1) is 15.4. The second-order valence-corrected chi connectivity index (χ2v) is 6.46. The Hall–Kier alpha value is -0.700. The van der Waals surface area contributed by atoms with Crippen LogP contribution in [-0.4, -0.2) is 12.3 Å². The molecule has 0 bridgehead atoms. The van der Waals surface area contributed by atoms with Gasteiger partial charge in [0.25, 0.3) is 0 Å². The lowest BCUT2D eigenvalue weighted by molar-refractivity contribution is 0.384. The van der Waals surface area contributed by atoms with Gasteiger partial charge in [0, 0.05) is 0 Å². The van der Waals surface area contributed by atoms with Crippen molar-refractivity contribution in [3.05, 3.63) is 29.1 Å². The minimum Gasteiger partial charge on any atom is -0.203 e. The molecule has 0 aromatic heterocycles. The Balaban J connectivity index is 3.30. The number of rotatable bonds is 5. The van der Waals surface area contributed by atoms with Crippen LogP contribution in [0.3, 0.4) is 0 Å². The van der Waals surface area contributed by atoms with Gasteiger partial charge in [-0.2, -0.15) is 0 Å². The zero-order valence-electron chi connectivity index (χ0n) is 10.2. The van der Waals surface area contributed by atoms with Gasteiger partial charge in [-0.1, -0.05) is 28.2 Å². The molecule has 0 N–H and O–H groups in total. The summed E-state index contributed by atoms with van der Waals surface area (Å²) in [5.41, 5.74) is 0. The molecule has 0 saturated carbocycles. The molecular formula is C12H14F5P. The fraction of sp³-hybridized carbons (Fsp3) is 0.500. The van der Waals surface area contributed by atoms with Gasteiger partial charge in [-0.3, -0.25) is 0 Å². The van der Waals surface area contributed by atoms with Crippen LogP contribution in [0.5, 0.6) is 0 Å².